The third kappa shape index (κ3) is 3.83. The lowest BCUT2D eigenvalue weighted by molar-refractivity contribution is 0.169. The minimum absolute atomic E-state index is 0.168. The molecule has 2 N–H and O–H groups in total. The van der Waals surface area contributed by atoms with E-state index in [0.29, 0.717) is 31.2 Å². The van der Waals surface area contributed by atoms with E-state index in [2.05, 4.69) is 15.0 Å². The Labute approximate surface area is 155 Å². The minimum Gasteiger partial charge on any atom is -0.733 e. The van der Waals surface area contributed by atoms with Crippen LogP contribution in [0.15, 0.2) is 59.1 Å². The van der Waals surface area contributed by atoms with Crippen LogP contribution in [0, 0.1) is 5.21 Å². The second kappa shape index (κ2) is 7.45. The maximum atomic E-state index is 10.9. The van der Waals surface area contributed by atoms with Crippen LogP contribution >= 0.6 is 0 Å². The van der Waals surface area contributed by atoms with Gasteiger partial charge in [0.1, 0.15) is 0 Å². The molecule has 1 fully saturated rings. The fourth-order valence-corrected chi connectivity index (χ4v) is 3.35. The summed E-state index contributed by atoms with van der Waals surface area (Å²) < 4.78 is 5.47. The molecular formula is C19H19N4O4-. The molecule has 0 amide bonds. The third-order valence-electron chi connectivity index (χ3n) is 4.68. The van der Waals surface area contributed by atoms with Crippen LogP contribution in [-0.4, -0.2) is 38.0 Å². The zero-order chi connectivity index (χ0) is 18.8. The predicted molar refractivity (Wildman–Crippen MR) is 97.6 cm³/mol. The monoisotopic (exact) mass is 367 g/mol. The molecule has 0 spiro atoms. The van der Waals surface area contributed by atoms with E-state index >= 15 is 0 Å². The van der Waals surface area contributed by atoms with E-state index in [-0.39, 0.29) is 17.0 Å². The van der Waals surface area contributed by atoms with Crippen molar-refractivity contribution in [1.82, 2.24) is 15.0 Å². The van der Waals surface area contributed by atoms with Crippen molar-refractivity contribution in [2.75, 3.05) is 11.8 Å². The topological polar surface area (TPSA) is 109 Å². The SMILES string of the molecule is [O-]N(O)c1ccc(CN2C[C@H](O)C[C@H]2c2nc(-c3ccccc3)no2)cc1. The lowest BCUT2D eigenvalue weighted by Gasteiger charge is -2.23. The maximum Gasteiger partial charge on any atom is 0.244 e. The number of hydrogen-bond donors (Lipinski definition) is 2. The largest absolute Gasteiger partial charge is 0.733 e. The van der Waals surface area contributed by atoms with Crippen molar-refractivity contribution in [2.45, 2.75) is 25.1 Å². The van der Waals surface area contributed by atoms with Gasteiger partial charge in [-0.2, -0.15) is 4.98 Å². The molecular weight excluding hydrogens is 348 g/mol. The number of rotatable bonds is 5. The van der Waals surface area contributed by atoms with Crippen LogP contribution in [0.25, 0.3) is 11.4 Å². The Bertz CT molecular complexity index is 882. The Morgan fingerprint density at radius 2 is 1.89 bits per heavy atom. The summed E-state index contributed by atoms with van der Waals surface area (Å²) in [7, 11) is 0. The molecule has 4 rings (SSSR count). The van der Waals surface area contributed by atoms with Crippen LogP contribution in [-0.2, 0) is 6.54 Å². The van der Waals surface area contributed by atoms with E-state index in [0.717, 1.165) is 11.1 Å². The summed E-state index contributed by atoms with van der Waals surface area (Å²) in [6.07, 6.45) is 0.0374. The Balaban J connectivity index is 1.52. The van der Waals surface area contributed by atoms with E-state index in [9.17, 15) is 10.3 Å². The zero-order valence-electron chi connectivity index (χ0n) is 14.5. The van der Waals surface area contributed by atoms with Gasteiger partial charge in [-0.25, -0.2) is 0 Å². The number of aliphatic hydroxyl groups is 1. The van der Waals surface area contributed by atoms with Crippen molar-refractivity contribution in [2.24, 2.45) is 0 Å². The lowest BCUT2D eigenvalue weighted by Crippen LogP contribution is -2.24. The molecule has 1 saturated heterocycles. The van der Waals surface area contributed by atoms with E-state index < -0.39 is 6.10 Å². The van der Waals surface area contributed by atoms with Gasteiger partial charge >= 0.3 is 0 Å². The van der Waals surface area contributed by atoms with E-state index in [4.69, 9.17) is 9.73 Å². The second-order valence-corrected chi connectivity index (χ2v) is 6.60. The summed E-state index contributed by atoms with van der Waals surface area (Å²) in [5.74, 6) is 0.998. The molecule has 0 bridgehead atoms. The van der Waals surface area contributed by atoms with E-state index in [1.54, 1.807) is 24.3 Å². The summed E-state index contributed by atoms with van der Waals surface area (Å²) in [4.78, 5) is 6.58. The molecule has 0 saturated carbocycles. The number of benzene rings is 2. The van der Waals surface area contributed by atoms with Crippen molar-refractivity contribution in [3.63, 3.8) is 0 Å². The molecule has 140 valence electrons. The van der Waals surface area contributed by atoms with Gasteiger partial charge in [-0.1, -0.05) is 47.6 Å². The quantitative estimate of drug-likeness (QED) is 0.663. The molecule has 3 aromatic rings. The Hall–Kier alpha value is -2.78. The van der Waals surface area contributed by atoms with Crippen molar-refractivity contribution < 1.29 is 14.8 Å². The summed E-state index contributed by atoms with van der Waals surface area (Å²) in [6, 6.07) is 16.0. The first-order valence-corrected chi connectivity index (χ1v) is 8.66. The fraction of sp³-hybridized carbons (Fsp3) is 0.263. The first-order valence-electron chi connectivity index (χ1n) is 8.66. The average Bonchev–Trinajstić information content (AvgIpc) is 3.29. The summed E-state index contributed by atoms with van der Waals surface area (Å²) >= 11 is 0. The van der Waals surface area contributed by atoms with Crippen molar-refractivity contribution in [1.29, 1.82) is 0 Å². The predicted octanol–water partition coefficient (Wildman–Crippen LogP) is 2.74. The van der Waals surface area contributed by atoms with Crippen LogP contribution < -0.4 is 5.23 Å². The normalized spacial score (nSPS) is 20.1. The van der Waals surface area contributed by atoms with Gasteiger partial charge in [0.05, 0.1) is 17.8 Å². The smallest absolute Gasteiger partial charge is 0.244 e. The summed E-state index contributed by atoms with van der Waals surface area (Å²) in [6.45, 7) is 1.04. The summed E-state index contributed by atoms with van der Waals surface area (Å²) in [5, 5.41) is 33.9. The van der Waals surface area contributed by atoms with E-state index in [1.807, 2.05) is 30.3 Å². The van der Waals surface area contributed by atoms with Gasteiger partial charge in [0, 0.05) is 18.7 Å². The number of β-amino-alcohol motifs (C(OH)–C–C–N with tert-alkyl or cyclic N) is 1. The Kier molecular flexibility index (Phi) is 4.87. The van der Waals surface area contributed by atoms with Crippen LogP contribution in [0.5, 0.6) is 0 Å². The van der Waals surface area contributed by atoms with Crippen LogP contribution in [0.2, 0.25) is 0 Å². The van der Waals surface area contributed by atoms with Gasteiger partial charge in [-0.3, -0.25) is 10.1 Å². The van der Waals surface area contributed by atoms with Crippen LogP contribution in [0.4, 0.5) is 5.69 Å². The number of hydrogen-bond acceptors (Lipinski definition) is 8. The molecule has 1 aliphatic rings. The Morgan fingerprint density at radius 1 is 1.15 bits per heavy atom. The number of anilines is 1. The molecule has 0 radical (unpaired) electrons. The van der Waals surface area contributed by atoms with Gasteiger partial charge in [-0.05, 0) is 24.1 Å². The number of nitrogens with zero attached hydrogens (tertiary/aromatic N) is 4. The number of aromatic nitrogens is 2. The molecule has 0 unspecified atom stereocenters. The first kappa shape index (κ1) is 17.6. The summed E-state index contributed by atoms with van der Waals surface area (Å²) in [5.41, 5.74) is 1.99. The maximum absolute atomic E-state index is 10.9. The third-order valence-corrected chi connectivity index (χ3v) is 4.68. The molecule has 8 heteroatoms. The van der Waals surface area contributed by atoms with Crippen LogP contribution in [0.3, 0.4) is 0 Å². The first-order chi connectivity index (χ1) is 13.1. The van der Waals surface area contributed by atoms with Gasteiger partial charge in [0.15, 0.2) is 0 Å². The fourth-order valence-electron chi connectivity index (χ4n) is 3.35. The number of likely N-dealkylation sites (tertiary alicyclic amines) is 1. The van der Waals surface area contributed by atoms with Crippen molar-refractivity contribution in [3.8, 4) is 11.4 Å². The van der Waals surface area contributed by atoms with Gasteiger partial charge in [0.2, 0.25) is 11.7 Å². The molecule has 2 aromatic carbocycles. The van der Waals surface area contributed by atoms with Gasteiger partial charge in [-0.15, -0.1) is 0 Å². The van der Waals surface area contributed by atoms with Crippen LogP contribution in [0.1, 0.15) is 23.9 Å². The highest BCUT2D eigenvalue weighted by Crippen LogP contribution is 2.33. The molecule has 2 heterocycles. The number of aliphatic hydroxyl groups excluding tert-OH is 1. The highest BCUT2D eigenvalue weighted by Gasteiger charge is 2.35. The lowest BCUT2D eigenvalue weighted by atomic mass is 10.1. The van der Waals surface area contributed by atoms with Gasteiger partial charge < -0.3 is 20.1 Å². The van der Waals surface area contributed by atoms with Crippen molar-refractivity contribution >= 4 is 5.69 Å². The highest BCUT2D eigenvalue weighted by molar-refractivity contribution is 5.53. The molecule has 1 aliphatic heterocycles. The molecule has 0 aliphatic carbocycles. The molecule has 27 heavy (non-hydrogen) atoms. The highest BCUT2D eigenvalue weighted by atomic mass is 16.8. The Morgan fingerprint density at radius 3 is 2.59 bits per heavy atom. The zero-order valence-corrected chi connectivity index (χ0v) is 14.5. The molecule has 8 nitrogen and oxygen atoms in total. The van der Waals surface area contributed by atoms with E-state index in [1.165, 1.54) is 0 Å². The molecule has 1 aromatic heterocycles. The minimum atomic E-state index is -0.476. The average molecular weight is 367 g/mol. The standard InChI is InChI=1S/C19H19N4O4/c24-16-10-17(19-20-18(21-27-19)14-4-2-1-3-5-14)22(12-16)11-13-6-8-15(9-7-13)23(25)26/h1-9,16-17,24-25H,10-12H2/q-1/t16-,17+/m1/s1. The van der Waals surface area contributed by atoms with Gasteiger partial charge in [0.25, 0.3) is 0 Å². The second-order valence-electron chi connectivity index (χ2n) is 6.60. The molecule has 2 atom stereocenters. The van der Waals surface area contributed by atoms with Crippen molar-refractivity contribution in [3.05, 3.63) is 71.3 Å².